The molecule has 27 heavy (non-hydrogen) atoms. The number of hydrazone groups is 1. The fraction of sp³-hybridized carbons (Fsp3) is 0.316. The van der Waals surface area contributed by atoms with Gasteiger partial charge in [0.05, 0.1) is 24.3 Å². The number of anilines is 2. The summed E-state index contributed by atoms with van der Waals surface area (Å²) in [6.45, 7) is 5.44. The van der Waals surface area contributed by atoms with Crippen LogP contribution in [0.25, 0.3) is 0 Å². The van der Waals surface area contributed by atoms with Gasteiger partial charge >= 0.3 is 6.18 Å². The summed E-state index contributed by atoms with van der Waals surface area (Å²) in [7, 11) is 0. The van der Waals surface area contributed by atoms with Crippen LogP contribution < -0.4 is 10.3 Å². The Hall–Kier alpha value is -3.08. The number of nitriles is 1. The maximum absolute atomic E-state index is 12.5. The maximum atomic E-state index is 12.5. The SMILES string of the molecule is CCN(CCC#N)c1ccc(/C=N\Nc2ccc(C(F)(F)F)cn2)c(C)c1. The van der Waals surface area contributed by atoms with E-state index in [0.717, 1.165) is 35.6 Å². The molecule has 0 fully saturated rings. The van der Waals surface area contributed by atoms with Gasteiger partial charge in [-0.15, -0.1) is 0 Å². The molecule has 0 radical (unpaired) electrons. The Morgan fingerprint density at radius 3 is 2.63 bits per heavy atom. The predicted octanol–water partition coefficient (Wildman–Crippen LogP) is 4.59. The predicted molar refractivity (Wildman–Crippen MR) is 99.8 cm³/mol. The molecule has 0 saturated heterocycles. The van der Waals surface area contributed by atoms with Crippen molar-refractivity contribution in [3.05, 3.63) is 53.2 Å². The van der Waals surface area contributed by atoms with Crippen LogP contribution in [-0.2, 0) is 6.18 Å². The van der Waals surface area contributed by atoms with Crippen LogP contribution in [0.4, 0.5) is 24.7 Å². The zero-order valence-corrected chi connectivity index (χ0v) is 15.1. The van der Waals surface area contributed by atoms with E-state index in [2.05, 4.69) is 26.5 Å². The first-order valence-corrected chi connectivity index (χ1v) is 8.40. The molecule has 1 N–H and O–H groups in total. The average Bonchev–Trinajstić information content (AvgIpc) is 2.63. The Morgan fingerprint density at radius 2 is 2.07 bits per heavy atom. The van der Waals surface area contributed by atoms with Gasteiger partial charge in [-0.05, 0) is 49.2 Å². The van der Waals surface area contributed by atoms with Crippen molar-refractivity contribution in [2.24, 2.45) is 5.10 Å². The van der Waals surface area contributed by atoms with Crippen LogP contribution in [0, 0.1) is 18.3 Å². The molecule has 0 aliphatic rings. The number of benzene rings is 1. The molecule has 8 heteroatoms. The Morgan fingerprint density at radius 1 is 1.30 bits per heavy atom. The molecule has 1 aromatic heterocycles. The van der Waals surface area contributed by atoms with Crippen molar-refractivity contribution in [2.75, 3.05) is 23.4 Å². The normalized spacial score (nSPS) is 11.4. The highest BCUT2D eigenvalue weighted by Crippen LogP contribution is 2.28. The van der Waals surface area contributed by atoms with Crippen molar-refractivity contribution < 1.29 is 13.2 Å². The molecule has 0 aliphatic heterocycles. The van der Waals surface area contributed by atoms with Gasteiger partial charge in [0, 0.05) is 25.0 Å². The van der Waals surface area contributed by atoms with Gasteiger partial charge in [-0.1, -0.05) is 6.07 Å². The minimum Gasteiger partial charge on any atom is -0.371 e. The van der Waals surface area contributed by atoms with Gasteiger partial charge in [0.1, 0.15) is 5.82 Å². The summed E-state index contributed by atoms with van der Waals surface area (Å²) in [5, 5.41) is 12.8. The van der Waals surface area contributed by atoms with Gasteiger partial charge in [0.25, 0.3) is 0 Å². The van der Waals surface area contributed by atoms with Crippen molar-refractivity contribution in [1.82, 2.24) is 4.98 Å². The van der Waals surface area contributed by atoms with Gasteiger partial charge in [0.2, 0.25) is 0 Å². The number of nitrogens with one attached hydrogen (secondary N) is 1. The number of hydrogen-bond acceptors (Lipinski definition) is 5. The Kier molecular flexibility index (Phi) is 6.77. The van der Waals surface area contributed by atoms with Crippen molar-refractivity contribution >= 4 is 17.7 Å². The Balaban J connectivity index is 2.03. The monoisotopic (exact) mass is 375 g/mol. The van der Waals surface area contributed by atoms with Crippen LogP contribution in [-0.4, -0.2) is 24.3 Å². The van der Waals surface area contributed by atoms with Gasteiger partial charge in [-0.2, -0.15) is 23.5 Å². The molecule has 0 spiro atoms. The molecule has 0 amide bonds. The van der Waals surface area contributed by atoms with Crippen LogP contribution in [0.3, 0.4) is 0 Å². The summed E-state index contributed by atoms with van der Waals surface area (Å²) < 4.78 is 37.5. The van der Waals surface area contributed by atoms with Crippen LogP contribution >= 0.6 is 0 Å². The van der Waals surface area contributed by atoms with Crippen LogP contribution in [0.2, 0.25) is 0 Å². The second kappa shape index (κ2) is 9.03. The minimum atomic E-state index is -4.41. The number of alkyl halides is 3. The number of halogens is 3. The second-order valence-electron chi connectivity index (χ2n) is 5.83. The van der Waals surface area contributed by atoms with Gasteiger partial charge in [-0.25, -0.2) is 4.98 Å². The average molecular weight is 375 g/mol. The molecule has 0 unspecified atom stereocenters. The number of aromatic nitrogens is 1. The highest BCUT2D eigenvalue weighted by atomic mass is 19.4. The fourth-order valence-electron chi connectivity index (χ4n) is 2.45. The number of pyridine rings is 1. The van der Waals surface area contributed by atoms with Crippen LogP contribution in [0.15, 0.2) is 41.6 Å². The molecule has 2 rings (SSSR count). The molecule has 5 nitrogen and oxygen atoms in total. The molecule has 142 valence electrons. The van der Waals surface area contributed by atoms with E-state index in [1.807, 2.05) is 32.0 Å². The first-order valence-electron chi connectivity index (χ1n) is 8.40. The zero-order valence-electron chi connectivity index (χ0n) is 15.1. The summed E-state index contributed by atoms with van der Waals surface area (Å²) in [5.74, 6) is 0.224. The van der Waals surface area contributed by atoms with Crippen LogP contribution in [0.1, 0.15) is 30.0 Å². The largest absolute Gasteiger partial charge is 0.417 e. The number of aryl methyl sites for hydroxylation is 1. The van der Waals surface area contributed by atoms with Gasteiger partial charge in [0.15, 0.2) is 0 Å². The van der Waals surface area contributed by atoms with Gasteiger partial charge in [-0.3, -0.25) is 5.43 Å². The molecule has 0 atom stereocenters. The molecule has 0 saturated carbocycles. The summed E-state index contributed by atoms with van der Waals surface area (Å²) >= 11 is 0. The molecule has 1 heterocycles. The third kappa shape index (κ3) is 5.71. The quantitative estimate of drug-likeness (QED) is 0.568. The van der Waals surface area contributed by atoms with E-state index in [1.54, 1.807) is 6.21 Å². The number of nitrogens with zero attached hydrogens (tertiary/aromatic N) is 4. The summed E-state index contributed by atoms with van der Waals surface area (Å²) in [4.78, 5) is 5.81. The number of hydrogen-bond donors (Lipinski definition) is 1. The van der Waals surface area contributed by atoms with Crippen molar-refractivity contribution in [2.45, 2.75) is 26.4 Å². The lowest BCUT2D eigenvalue weighted by atomic mass is 10.1. The lowest BCUT2D eigenvalue weighted by Gasteiger charge is -2.22. The highest BCUT2D eigenvalue weighted by Gasteiger charge is 2.30. The van der Waals surface area contributed by atoms with E-state index in [1.165, 1.54) is 6.07 Å². The standard InChI is InChI=1S/C19H20F3N5/c1-3-27(10-4-9-23)17-7-5-15(14(2)11-17)12-25-26-18-8-6-16(13-24-18)19(20,21)22/h5-8,11-13H,3-4,10H2,1-2H3,(H,24,26)/b25-12-. The molecular weight excluding hydrogens is 355 g/mol. The van der Waals surface area contributed by atoms with Crippen molar-refractivity contribution in [3.63, 3.8) is 0 Å². The van der Waals surface area contributed by atoms with E-state index >= 15 is 0 Å². The third-order valence-electron chi connectivity index (χ3n) is 3.97. The molecule has 1 aromatic carbocycles. The highest BCUT2D eigenvalue weighted by molar-refractivity contribution is 5.83. The van der Waals surface area contributed by atoms with E-state index in [-0.39, 0.29) is 5.82 Å². The zero-order chi connectivity index (χ0) is 19.9. The topological polar surface area (TPSA) is 64.3 Å². The van der Waals surface area contributed by atoms with E-state index < -0.39 is 11.7 Å². The first-order chi connectivity index (χ1) is 12.8. The minimum absolute atomic E-state index is 0.224. The van der Waals surface area contributed by atoms with E-state index in [9.17, 15) is 13.2 Å². The summed E-state index contributed by atoms with van der Waals surface area (Å²) in [5.41, 5.74) is 4.71. The molecule has 0 aliphatic carbocycles. The fourth-order valence-corrected chi connectivity index (χ4v) is 2.45. The second-order valence-corrected chi connectivity index (χ2v) is 5.83. The summed E-state index contributed by atoms with van der Waals surface area (Å²) in [6.07, 6.45) is -1.60. The van der Waals surface area contributed by atoms with Crippen molar-refractivity contribution in [3.8, 4) is 6.07 Å². The lowest BCUT2D eigenvalue weighted by molar-refractivity contribution is -0.137. The first kappa shape index (κ1) is 20.2. The third-order valence-corrected chi connectivity index (χ3v) is 3.97. The Labute approximate surface area is 156 Å². The lowest BCUT2D eigenvalue weighted by Crippen LogP contribution is -2.23. The maximum Gasteiger partial charge on any atom is 0.417 e. The molecule has 2 aromatic rings. The number of rotatable bonds is 7. The van der Waals surface area contributed by atoms with Crippen LogP contribution in [0.5, 0.6) is 0 Å². The summed E-state index contributed by atoms with van der Waals surface area (Å²) in [6, 6.07) is 10.2. The smallest absolute Gasteiger partial charge is 0.371 e. The van der Waals surface area contributed by atoms with Gasteiger partial charge < -0.3 is 4.90 Å². The van der Waals surface area contributed by atoms with E-state index in [0.29, 0.717) is 13.0 Å². The van der Waals surface area contributed by atoms with Crippen molar-refractivity contribution in [1.29, 1.82) is 5.26 Å². The van der Waals surface area contributed by atoms with E-state index in [4.69, 9.17) is 5.26 Å². The molecule has 0 bridgehead atoms. The molecular formula is C19H20F3N5. The Bertz CT molecular complexity index is 823.